The van der Waals surface area contributed by atoms with Crippen LogP contribution < -0.4 is 15.2 Å². The molecule has 0 aliphatic carbocycles. The lowest BCUT2D eigenvalue weighted by Gasteiger charge is -2.47. The third kappa shape index (κ3) is 2.51. The van der Waals surface area contributed by atoms with E-state index in [-0.39, 0.29) is 11.4 Å². The molecule has 0 unspecified atom stereocenters. The Morgan fingerprint density at radius 2 is 2.05 bits per heavy atom. The number of nitrogens with zero attached hydrogens (tertiary/aromatic N) is 1. The summed E-state index contributed by atoms with van der Waals surface area (Å²) in [6.07, 6.45) is 0.867. The van der Waals surface area contributed by atoms with Gasteiger partial charge in [0.05, 0.1) is 25.3 Å². The van der Waals surface area contributed by atoms with E-state index < -0.39 is 0 Å². The summed E-state index contributed by atoms with van der Waals surface area (Å²) in [5.41, 5.74) is 6.36. The highest BCUT2D eigenvalue weighted by molar-refractivity contribution is 5.98. The lowest BCUT2D eigenvalue weighted by atomic mass is 9.87. The van der Waals surface area contributed by atoms with E-state index in [0.29, 0.717) is 30.2 Å². The van der Waals surface area contributed by atoms with Gasteiger partial charge in [0.25, 0.3) is 5.91 Å². The largest absolute Gasteiger partial charge is 0.497 e. The molecule has 1 aliphatic heterocycles. The number of methoxy groups -OCH3 is 2. The zero-order valence-corrected chi connectivity index (χ0v) is 11.6. The summed E-state index contributed by atoms with van der Waals surface area (Å²) in [7, 11) is 3.12. The van der Waals surface area contributed by atoms with Gasteiger partial charge in [-0.05, 0) is 24.6 Å². The smallest absolute Gasteiger partial charge is 0.257 e. The molecule has 5 nitrogen and oxygen atoms in total. The first-order valence-electron chi connectivity index (χ1n) is 6.33. The maximum atomic E-state index is 12.4. The first-order valence-corrected chi connectivity index (χ1v) is 6.33. The average Bonchev–Trinajstić information content (AvgIpc) is 2.42. The second kappa shape index (κ2) is 5.09. The number of ether oxygens (including phenoxy) is 2. The lowest BCUT2D eigenvalue weighted by Crippen LogP contribution is -2.68. The van der Waals surface area contributed by atoms with Crippen LogP contribution in [-0.2, 0) is 0 Å². The zero-order valence-electron chi connectivity index (χ0n) is 11.6. The van der Waals surface area contributed by atoms with Crippen molar-refractivity contribution in [1.82, 2.24) is 4.90 Å². The van der Waals surface area contributed by atoms with E-state index in [2.05, 4.69) is 0 Å². The van der Waals surface area contributed by atoms with Crippen molar-refractivity contribution >= 4 is 5.91 Å². The molecule has 0 spiro atoms. The van der Waals surface area contributed by atoms with Crippen molar-refractivity contribution in [3.8, 4) is 11.5 Å². The number of benzene rings is 1. The summed E-state index contributed by atoms with van der Waals surface area (Å²) in [5, 5.41) is 0. The van der Waals surface area contributed by atoms with Gasteiger partial charge >= 0.3 is 0 Å². The van der Waals surface area contributed by atoms with Gasteiger partial charge in [-0.25, -0.2) is 0 Å². The Morgan fingerprint density at radius 1 is 1.37 bits per heavy atom. The van der Waals surface area contributed by atoms with Crippen molar-refractivity contribution in [1.29, 1.82) is 0 Å². The zero-order chi connectivity index (χ0) is 14.0. The van der Waals surface area contributed by atoms with Crippen molar-refractivity contribution in [2.24, 2.45) is 5.73 Å². The Labute approximate surface area is 113 Å². The average molecular weight is 264 g/mol. The fraction of sp³-hybridized carbons (Fsp3) is 0.500. The predicted molar refractivity (Wildman–Crippen MR) is 72.7 cm³/mol. The molecule has 2 rings (SSSR count). The molecule has 0 atom stereocenters. The van der Waals surface area contributed by atoms with Gasteiger partial charge in [0.2, 0.25) is 0 Å². The van der Waals surface area contributed by atoms with Crippen LogP contribution in [0.4, 0.5) is 0 Å². The number of carbonyl (C=O) groups is 1. The van der Waals surface area contributed by atoms with Crippen LogP contribution in [0, 0.1) is 0 Å². The SMILES string of the molecule is CCC1(N)CN(C(=O)c2cc(OC)ccc2OC)C1. The maximum absolute atomic E-state index is 12.4. The van der Waals surface area contributed by atoms with Gasteiger partial charge in [0.15, 0.2) is 0 Å². The van der Waals surface area contributed by atoms with Crippen molar-refractivity contribution in [3.05, 3.63) is 23.8 Å². The highest BCUT2D eigenvalue weighted by atomic mass is 16.5. The minimum absolute atomic E-state index is 0.0646. The second-order valence-corrected chi connectivity index (χ2v) is 4.94. The van der Waals surface area contributed by atoms with E-state index in [4.69, 9.17) is 15.2 Å². The molecule has 5 heteroatoms. The van der Waals surface area contributed by atoms with E-state index >= 15 is 0 Å². The Bertz CT molecular complexity index is 482. The molecular formula is C14H20N2O3. The number of rotatable bonds is 4. The Balaban J connectivity index is 2.19. The van der Waals surface area contributed by atoms with Gasteiger partial charge in [-0.3, -0.25) is 4.79 Å². The Morgan fingerprint density at radius 3 is 2.58 bits per heavy atom. The molecule has 1 heterocycles. The van der Waals surface area contributed by atoms with Gasteiger partial charge < -0.3 is 20.1 Å². The van der Waals surface area contributed by atoms with Crippen molar-refractivity contribution in [2.75, 3.05) is 27.3 Å². The topological polar surface area (TPSA) is 64.8 Å². The van der Waals surface area contributed by atoms with Gasteiger partial charge in [-0.2, -0.15) is 0 Å². The molecule has 1 aromatic carbocycles. The van der Waals surface area contributed by atoms with E-state index in [1.165, 1.54) is 0 Å². The summed E-state index contributed by atoms with van der Waals surface area (Å²) in [6.45, 7) is 3.21. The van der Waals surface area contributed by atoms with Crippen LogP contribution in [-0.4, -0.2) is 43.7 Å². The van der Waals surface area contributed by atoms with E-state index in [0.717, 1.165) is 6.42 Å². The second-order valence-electron chi connectivity index (χ2n) is 4.94. The highest BCUT2D eigenvalue weighted by Crippen LogP contribution is 2.29. The molecule has 1 fully saturated rings. The molecular weight excluding hydrogens is 244 g/mol. The highest BCUT2D eigenvalue weighted by Gasteiger charge is 2.41. The van der Waals surface area contributed by atoms with Crippen molar-refractivity contribution in [3.63, 3.8) is 0 Å². The lowest BCUT2D eigenvalue weighted by molar-refractivity contribution is 0.0398. The van der Waals surface area contributed by atoms with E-state index in [1.807, 2.05) is 6.92 Å². The van der Waals surface area contributed by atoms with Crippen LogP contribution in [0.25, 0.3) is 0 Å². The predicted octanol–water partition coefficient (Wildman–Crippen LogP) is 1.27. The molecule has 1 amide bonds. The molecule has 2 N–H and O–H groups in total. The summed E-state index contributed by atoms with van der Waals surface area (Å²) in [4.78, 5) is 14.2. The number of hydrogen-bond acceptors (Lipinski definition) is 4. The number of nitrogens with two attached hydrogens (primary N) is 1. The summed E-state index contributed by atoms with van der Waals surface area (Å²) in [6, 6.07) is 5.20. The first kappa shape index (κ1) is 13.7. The number of carbonyl (C=O) groups excluding carboxylic acids is 1. The quantitative estimate of drug-likeness (QED) is 0.889. The van der Waals surface area contributed by atoms with E-state index in [9.17, 15) is 4.79 Å². The minimum Gasteiger partial charge on any atom is -0.497 e. The molecule has 0 aromatic heterocycles. The Kier molecular flexibility index (Phi) is 3.66. The molecule has 0 saturated carbocycles. The van der Waals surface area contributed by atoms with Crippen LogP contribution in [0.5, 0.6) is 11.5 Å². The number of amides is 1. The monoisotopic (exact) mass is 264 g/mol. The van der Waals surface area contributed by atoms with Crippen molar-refractivity contribution in [2.45, 2.75) is 18.9 Å². The van der Waals surface area contributed by atoms with Gasteiger partial charge in [-0.1, -0.05) is 6.92 Å². The van der Waals surface area contributed by atoms with Crippen LogP contribution >= 0.6 is 0 Å². The molecule has 0 radical (unpaired) electrons. The first-order chi connectivity index (χ1) is 9.03. The molecule has 104 valence electrons. The summed E-state index contributed by atoms with van der Waals surface area (Å²) < 4.78 is 10.4. The molecule has 0 bridgehead atoms. The molecule has 1 aromatic rings. The van der Waals surface area contributed by atoms with Crippen molar-refractivity contribution < 1.29 is 14.3 Å². The molecule has 1 saturated heterocycles. The van der Waals surface area contributed by atoms with E-state index in [1.54, 1.807) is 37.3 Å². The van der Waals surface area contributed by atoms with Crippen LogP contribution in [0.3, 0.4) is 0 Å². The van der Waals surface area contributed by atoms with Crippen LogP contribution in [0.15, 0.2) is 18.2 Å². The van der Waals surface area contributed by atoms with Crippen LogP contribution in [0.1, 0.15) is 23.7 Å². The standard InChI is InChI=1S/C14H20N2O3/c1-4-14(15)8-16(9-14)13(17)11-7-10(18-2)5-6-12(11)19-3/h5-7H,4,8-9,15H2,1-3H3. The number of hydrogen-bond donors (Lipinski definition) is 1. The summed E-state index contributed by atoms with van der Waals surface area (Å²) >= 11 is 0. The fourth-order valence-corrected chi connectivity index (χ4v) is 2.23. The van der Waals surface area contributed by atoms with Gasteiger partial charge in [0, 0.05) is 13.1 Å². The summed E-state index contributed by atoms with van der Waals surface area (Å²) in [5.74, 6) is 1.13. The van der Waals surface area contributed by atoms with Crippen LogP contribution in [0.2, 0.25) is 0 Å². The minimum atomic E-state index is -0.234. The van der Waals surface area contributed by atoms with Gasteiger partial charge in [-0.15, -0.1) is 0 Å². The molecule has 19 heavy (non-hydrogen) atoms. The number of likely N-dealkylation sites (tertiary alicyclic amines) is 1. The Hall–Kier alpha value is -1.75. The van der Waals surface area contributed by atoms with Gasteiger partial charge in [0.1, 0.15) is 11.5 Å². The third-order valence-electron chi connectivity index (χ3n) is 3.64. The third-order valence-corrected chi connectivity index (χ3v) is 3.64. The maximum Gasteiger partial charge on any atom is 0.257 e. The fourth-order valence-electron chi connectivity index (χ4n) is 2.23. The molecule has 1 aliphatic rings. The normalized spacial score (nSPS) is 16.7.